The molecule has 4 rings (SSSR count). The van der Waals surface area contributed by atoms with E-state index in [-0.39, 0.29) is 11.8 Å². The van der Waals surface area contributed by atoms with Crippen molar-refractivity contribution < 1.29 is 9.59 Å². The van der Waals surface area contributed by atoms with Crippen molar-refractivity contribution in [2.75, 3.05) is 5.32 Å². The summed E-state index contributed by atoms with van der Waals surface area (Å²) in [5.74, 6) is -0.306. The fraction of sp³-hybridized carbons (Fsp3) is 0.0476. The van der Waals surface area contributed by atoms with Crippen LogP contribution in [0, 0.1) is 0 Å². The molecule has 0 saturated carbocycles. The van der Waals surface area contributed by atoms with E-state index in [4.69, 9.17) is 0 Å². The first-order valence-corrected chi connectivity index (χ1v) is 9.37. The third kappa shape index (κ3) is 3.91. The van der Waals surface area contributed by atoms with Crippen LogP contribution in [0.3, 0.4) is 0 Å². The molecule has 4 aromatic rings. The minimum absolute atomic E-state index is 0.138. The van der Waals surface area contributed by atoms with Gasteiger partial charge in [0.25, 0.3) is 11.8 Å². The van der Waals surface area contributed by atoms with Gasteiger partial charge in [0, 0.05) is 23.1 Å². The fourth-order valence-corrected chi connectivity index (χ4v) is 3.43. The molecule has 0 fully saturated rings. The Morgan fingerprint density at radius 2 is 1.78 bits per heavy atom. The van der Waals surface area contributed by atoms with Gasteiger partial charge in [-0.2, -0.15) is 0 Å². The smallest absolute Gasteiger partial charge is 0.267 e. The van der Waals surface area contributed by atoms with Crippen molar-refractivity contribution in [2.24, 2.45) is 0 Å². The van der Waals surface area contributed by atoms with Crippen LogP contribution in [-0.4, -0.2) is 16.8 Å². The van der Waals surface area contributed by atoms with Crippen LogP contribution in [0.5, 0.6) is 0 Å². The van der Waals surface area contributed by atoms with Crippen LogP contribution in [0.4, 0.5) is 5.69 Å². The van der Waals surface area contributed by atoms with Gasteiger partial charge in [0.2, 0.25) is 0 Å². The highest BCUT2D eigenvalue weighted by molar-refractivity contribution is 7.12. The third-order valence-electron chi connectivity index (χ3n) is 4.16. The van der Waals surface area contributed by atoms with Crippen molar-refractivity contribution in [3.8, 4) is 0 Å². The molecule has 2 aromatic heterocycles. The van der Waals surface area contributed by atoms with Crippen LogP contribution in [0.1, 0.15) is 25.7 Å². The van der Waals surface area contributed by atoms with E-state index in [1.165, 1.54) is 11.3 Å². The molecule has 0 aliphatic carbocycles. The molecule has 0 atom stereocenters. The number of hydrogen-bond acceptors (Lipinski definition) is 3. The average molecular weight is 375 g/mol. The summed E-state index contributed by atoms with van der Waals surface area (Å²) in [7, 11) is 0. The van der Waals surface area contributed by atoms with E-state index in [1.807, 2.05) is 60.0 Å². The van der Waals surface area contributed by atoms with Crippen molar-refractivity contribution in [2.45, 2.75) is 6.54 Å². The molecule has 5 nitrogen and oxygen atoms in total. The maximum Gasteiger partial charge on any atom is 0.267 e. The van der Waals surface area contributed by atoms with Gasteiger partial charge in [0.15, 0.2) is 0 Å². The number of H-pyrrole nitrogens is 1. The predicted octanol–water partition coefficient (Wildman–Crippen LogP) is 4.41. The second kappa shape index (κ2) is 7.47. The summed E-state index contributed by atoms with van der Waals surface area (Å²) in [4.78, 5) is 28.3. The number of rotatable bonds is 5. The first-order chi connectivity index (χ1) is 13.2. The van der Waals surface area contributed by atoms with E-state index < -0.39 is 0 Å². The normalized spacial score (nSPS) is 10.7. The van der Waals surface area contributed by atoms with E-state index in [0.717, 1.165) is 16.5 Å². The molecule has 0 aliphatic heterocycles. The Kier molecular flexibility index (Phi) is 4.72. The molecule has 0 unspecified atom stereocenters. The van der Waals surface area contributed by atoms with Crippen LogP contribution in [0.2, 0.25) is 0 Å². The minimum Gasteiger partial charge on any atom is -0.351 e. The van der Waals surface area contributed by atoms with Crippen molar-refractivity contribution >= 4 is 39.7 Å². The molecule has 0 aliphatic rings. The predicted molar refractivity (Wildman–Crippen MR) is 108 cm³/mol. The summed E-state index contributed by atoms with van der Waals surface area (Å²) in [5.41, 5.74) is 3.06. The zero-order valence-electron chi connectivity index (χ0n) is 14.4. The van der Waals surface area contributed by atoms with Gasteiger partial charge >= 0.3 is 0 Å². The number of hydrogen-bond donors (Lipinski definition) is 3. The highest BCUT2D eigenvalue weighted by Gasteiger charge is 2.11. The van der Waals surface area contributed by atoms with Crippen LogP contribution >= 0.6 is 11.3 Å². The third-order valence-corrected chi connectivity index (χ3v) is 5.03. The second-order valence-electron chi connectivity index (χ2n) is 6.08. The molecular weight excluding hydrogens is 358 g/mol. The lowest BCUT2D eigenvalue weighted by molar-refractivity contribution is 0.0946. The molecular formula is C21H17N3O2S. The number of carbonyl (C=O) groups is 2. The van der Waals surface area contributed by atoms with Gasteiger partial charge in [-0.3, -0.25) is 9.59 Å². The monoisotopic (exact) mass is 375 g/mol. The molecule has 2 heterocycles. The van der Waals surface area contributed by atoms with Gasteiger partial charge in [-0.25, -0.2) is 0 Å². The summed E-state index contributed by atoms with van der Waals surface area (Å²) >= 11 is 1.39. The molecule has 3 N–H and O–H groups in total. The van der Waals surface area contributed by atoms with Gasteiger partial charge in [0.05, 0.1) is 4.88 Å². The number of amides is 2. The summed E-state index contributed by atoms with van der Waals surface area (Å²) in [6.45, 7) is 0.469. The van der Waals surface area contributed by atoms with Gasteiger partial charge in [-0.05, 0) is 41.3 Å². The first kappa shape index (κ1) is 17.1. The minimum atomic E-state index is -0.167. The Morgan fingerprint density at radius 1 is 0.926 bits per heavy atom. The van der Waals surface area contributed by atoms with E-state index in [2.05, 4.69) is 15.6 Å². The van der Waals surface area contributed by atoms with Crippen molar-refractivity contribution in [3.05, 3.63) is 88.2 Å². The lowest BCUT2D eigenvalue weighted by Gasteiger charge is -2.03. The standard InChI is InChI=1S/C21H17N3O2S/c25-20(22-13-14-5-2-1-3-6-14)18-12-15-11-16(8-9-17(15)24-18)23-21(26)19-7-4-10-27-19/h1-12,24H,13H2,(H,22,25)(H,23,26). The number of thiophene rings is 1. The van der Waals surface area contributed by atoms with Crippen LogP contribution < -0.4 is 10.6 Å². The molecule has 2 amide bonds. The lowest BCUT2D eigenvalue weighted by Crippen LogP contribution is -2.22. The lowest BCUT2D eigenvalue weighted by atomic mass is 10.2. The van der Waals surface area contributed by atoms with Gasteiger partial charge in [-0.1, -0.05) is 36.4 Å². The van der Waals surface area contributed by atoms with Gasteiger partial charge < -0.3 is 15.6 Å². The molecule has 0 bridgehead atoms. The number of nitrogens with one attached hydrogen (secondary N) is 3. The Hall–Kier alpha value is -3.38. The zero-order valence-corrected chi connectivity index (χ0v) is 15.2. The van der Waals surface area contributed by atoms with E-state index in [9.17, 15) is 9.59 Å². The van der Waals surface area contributed by atoms with Crippen LogP contribution in [0.25, 0.3) is 10.9 Å². The number of carbonyl (C=O) groups excluding carboxylic acids is 2. The second-order valence-corrected chi connectivity index (χ2v) is 7.03. The van der Waals surface area contributed by atoms with Crippen molar-refractivity contribution in [1.82, 2.24) is 10.3 Å². The molecule has 0 spiro atoms. The molecule has 2 aromatic carbocycles. The molecule has 0 radical (unpaired) electrons. The molecule has 134 valence electrons. The molecule has 0 saturated heterocycles. The maximum atomic E-state index is 12.4. The summed E-state index contributed by atoms with van der Waals surface area (Å²) in [6, 6.07) is 20.7. The van der Waals surface area contributed by atoms with E-state index in [0.29, 0.717) is 22.8 Å². The zero-order chi connectivity index (χ0) is 18.6. The molecule has 27 heavy (non-hydrogen) atoms. The van der Waals surface area contributed by atoms with Crippen LogP contribution in [-0.2, 0) is 6.54 Å². The topological polar surface area (TPSA) is 74.0 Å². The quantitative estimate of drug-likeness (QED) is 0.483. The van der Waals surface area contributed by atoms with E-state index in [1.54, 1.807) is 12.1 Å². The Labute approximate surface area is 160 Å². The molecule has 6 heteroatoms. The Bertz CT molecular complexity index is 1090. The highest BCUT2D eigenvalue weighted by Crippen LogP contribution is 2.21. The Morgan fingerprint density at radius 3 is 2.56 bits per heavy atom. The highest BCUT2D eigenvalue weighted by atomic mass is 32.1. The maximum absolute atomic E-state index is 12.4. The van der Waals surface area contributed by atoms with E-state index >= 15 is 0 Å². The fourth-order valence-electron chi connectivity index (χ4n) is 2.81. The summed E-state index contributed by atoms with van der Waals surface area (Å²) in [5, 5.41) is 8.51. The average Bonchev–Trinajstić information content (AvgIpc) is 3.36. The largest absolute Gasteiger partial charge is 0.351 e. The number of benzene rings is 2. The Balaban J connectivity index is 1.47. The van der Waals surface area contributed by atoms with Crippen molar-refractivity contribution in [1.29, 1.82) is 0 Å². The summed E-state index contributed by atoms with van der Waals surface area (Å²) < 4.78 is 0. The SMILES string of the molecule is O=C(NCc1ccccc1)c1cc2cc(NC(=O)c3cccs3)ccc2[nH]1. The number of anilines is 1. The first-order valence-electron chi connectivity index (χ1n) is 8.49. The van der Waals surface area contributed by atoms with Gasteiger partial charge in [0.1, 0.15) is 5.69 Å². The summed E-state index contributed by atoms with van der Waals surface area (Å²) in [6.07, 6.45) is 0. The van der Waals surface area contributed by atoms with Gasteiger partial charge in [-0.15, -0.1) is 11.3 Å². The van der Waals surface area contributed by atoms with Crippen LogP contribution in [0.15, 0.2) is 72.1 Å². The van der Waals surface area contributed by atoms with Crippen molar-refractivity contribution in [3.63, 3.8) is 0 Å². The number of fused-ring (bicyclic) bond motifs is 1. The number of aromatic amines is 1. The number of aromatic nitrogens is 1.